The minimum Gasteiger partial charge on any atom is -0.480 e. The number of carbonyl (C=O) groups is 2. The van der Waals surface area contributed by atoms with Crippen LogP contribution in [0.2, 0.25) is 0 Å². The predicted octanol–water partition coefficient (Wildman–Crippen LogP) is 2.51. The van der Waals surface area contributed by atoms with Crippen LogP contribution in [0.3, 0.4) is 0 Å². The summed E-state index contributed by atoms with van der Waals surface area (Å²) < 4.78 is 0. The van der Waals surface area contributed by atoms with E-state index in [1.807, 2.05) is 6.92 Å². The molecule has 1 unspecified atom stereocenters. The fourth-order valence-electron chi connectivity index (χ4n) is 1.69. The molecule has 0 rings (SSSR count). The number of carbonyl (C=O) groups excluding carboxylic acids is 1. The van der Waals surface area contributed by atoms with Crippen LogP contribution in [0.25, 0.3) is 0 Å². The molecular formula is C13H26N2O3. The van der Waals surface area contributed by atoms with Gasteiger partial charge in [0.15, 0.2) is 0 Å². The van der Waals surface area contributed by atoms with E-state index in [2.05, 4.69) is 17.6 Å². The minimum atomic E-state index is -0.977. The van der Waals surface area contributed by atoms with E-state index in [1.165, 1.54) is 19.3 Å². The molecule has 0 aliphatic carbocycles. The van der Waals surface area contributed by atoms with Gasteiger partial charge in [0.1, 0.15) is 6.04 Å². The highest BCUT2D eigenvalue weighted by Crippen LogP contribution is 2.01. The molecule has 5 nitrogen and oxygen atoms in total. The standard InChI is InChI=1S/C13H26N2O3/c1-3-5-6-7-8-10-14-13(18)15-11(9-4-2)12(16)17/h11H,3-10H2,1-2H3,(H,16,17)(H2,14,15,18). The van der Waals surface area contributed by atoms with E-state index in [9.17, 15) is 9.59 Å². The highest BCUT2D eigenvalue weighted by atomic mass is 16.4. The molecule has 0 aromatic rings. The Kier molecular flexibility index (Phi) is 10.1. The molecule has 0 radical (unpaired) electrons. The number of hydrogen-bond donors (Lipinski definition) is 3. The Morgan fingerprint density at radius 2 is 1.72 bits per heavy atom. The number of rotatable bonds is 10. The van der Waals surface area contributed by atoms with Crippen molar-refractivity contribution in [2.75, 3.05) is 6.54 Å². The van der Waals surface area contributed by atoms with Gasteiger partial charge in [-0.2, -0.15) is 0 Å². The zero-order valence-electron chi connectivity index (χ0n) is 11.5. The molecule has 1 atom stereocenters. The molecule has 0 saturated carbocycles. The molecule has 0 saturated heterocycles. The summed E-state index contributed by atoms with van der Waals surface area (Å²) in [6.07, 6.45) is 6.85. The maximum absolute atomic E-state index is 11.4. The Morgan fingerprint density at radius 3 is 2.28 bits per heavy atom. The van der Waals surface area contributed by atoms with E-state index >= 15 is 0 Å². The van der Waals surface area contributed by atoms with Gasteiger partial charge in [-0.3, -0.25) is 0 Å². The quantitative estimate of drug-likeness (QED) is 0.527. The van der Waals surface area contributed by atoms with Crippen molar-refractivity contribution in [1.82, 2.24) is 10.6 Å². The fraction of sp³-hybridized carbons (Fsp3) is 0.846. The van der Waals surface area contributed by atoms with Crippen LogP contribution in [0, 0.1) is 0 Å². The van der Waals surface area contributed by atoms with Gasteiger partial charge in [0.05, 0.1) is 0 Å². The molecule has 0 fully saturated rings. The van der Waals surface area contributed by atoms with Crippen molar-refractivity contribution in [2.24, 2.45) is 0 Å². The van der Waals surface area contributed by atoms with Crippen LogP contribution in [0.4, 0.5) is 4.79 Å². The number of carboxylic acids is 1. The molecular weight excluding hydrogens is 232 g/mol. The first-order valence-corrected chi connectivity index (χ1v) is 6.89. The highest BCUT2D eigenvalue weighted by molar-refractivity contribution is 5.82. The molecule has 0 heterocycles. The van der Waals surface area contributed by atoms with Crippen molar-refractivity contribution in [1.29, 1.82) is 0 Å². The third-order valence-corrected chi connectivity index (χ3v) is 2.75. The summed E-state index contributed by atoms with van der Waals surface area (Å²) >= 11 is 0. The van der Waals surface area contributed by atoms with E-state index in [-0.39, 0.29) is 6.03 Å². The van der Waals surface area contributed by atoms with Gasteiger partial charge in [-0.05, 0) is 12.8 Å². The molecule has 0 aromatic heterocycles. The second-order valence-corrected chi connectivity index (χ2v) is 4.49. The Morgan fingerprint density at radius 1 is 1.06 bits per heavy atom. The summed E-state index contributed by atoms with van der Waals surface area (Å²) in [6, 6.07) is -1.17. The van der Waals surface area contributed by atoms with Crippen LogP contribution in [0.1, 0.15) is 58.8 Å². The molecule has 5 heteroatoms. The van der Waals surface area contributed by atoms with Crippen LogP contribution >= 0.6 is 0 Å². The number of amides is 2. The lowest BCUT2D eigenvalue weighted by atomic mass is 10.1. The lowest BCUT2D eigenvalue weighted by Crippen LogP contribution is -2.46. The van der Waals surface area contributed by atoms with Gasteiger partial charge in [-0.25, -0.2) is 9.59 Å². The lowest BCUT2D eigenvalue weighted by molar-refractivity contribution is -0.139. The predicted molar refractivity (Wildman–Crippen MR) is 71.6 cm³/mol. The van der Waals surface area contributed by atoms with Crippen LogP contribution in [-0.4, -0.2) is 29.7 Å². The Hall–Kier alpha value is -1.26. The fourth-order valence-corrected chi connectivity index (χ4v) is 1.69. The average molecular weight is 258 g/mol. The maximum Gasteiger partial charge on any atom is 0.326 e. The number of aliphatic carboxylic acids is 1. The largest absolute Gasteiger partial charge is 0.480 e. The van der Waals surface area contributed by atoms with Crippen LogP contribution in [0.15, 0.2) is 0 Å². The van der Waals surface area contributed by atoms with Crippen molar-refractivity contribution in [3.05, 3.63) is 0 Å². The minimum absolute atomic E-state index is 0.383. The van der Waals surface area contributed by atoms with E-state index in [4.69, 9.17) is 5.11 Å². The van der Waals surface area contributed by atoms with E-state index in [0.29, 0.717) is 13.0 Å². The first kappa shape index (κ1) is 16.7. The van der Waals surface area contributed by atoms with Gasteiger partial charge in [0, 0.05) is 6.54 Å². The van der Waals surface area contributed by atoms with E-state index in [0.717, 1.165) is 19.3 Å². The van der Waals surface area contributed by atoms with Gasteiger partial charge in [-0.1, -0.05) is 46.0 Å². The normalized spacial score (nSPS) is 11.9. The summed E-state index contributed by atoms with van der Waals surface area (Å²) in [5, 5.41) is 14.0. The number of hydrogen-bond acceptors (Lipinski definition) is 2. The smallest absolute Gasteiger partial charge is 0.326 e. The third kappa shape index (κ3) is 8.84. The highest BCUT2D eigenvalue weighted by Gasteiger charge is 2.17. The zero-order valence-corrected chi connectivity index (χ0v) is 11.5. The van der Waals surface area contributed by atoms with Crippen molar-refractivity contribution >= 4 is 12.0 Å². The molecule has 0 spiro atoms. The number of nitrogens with one attached hydrogen (secondary N) is 2. The van der Waals surface area contributed by atoms with Gasteiger partial charge >= 0.3 is 12.0 Å². The molecule has 2 amide bonds. The number of urea groups is 1. The average Bonchev–Trinajstić information content (AvgIpc) is 2.33. The van der Waals surface area contributed by atoms with Crippen molar-refractivity contribution in [3.8, 4) is 0 Å². The van der Waals surface area contributed by atoms with Gasteiger partial charge in [0.25, 0.3) is 0 Å². The molecule has 18 heavy (non-hydrogen) atoms. The first-order chi connectivity index (χ1) is 8.61. The monoisotopic (exact) mass is 258 g/mol. The van der Waals surface area contributed by atoms with Crippen LogP contribution in [0.5, 0.6) is 0 Å². The van der Waals surface area contributed by atoms with Crippen molar-refractivity contribution in [2.45, 2.75) is 64.8 Å². The molecule has 3 N–H and O–H groups in total. The number of unbranched alkanes of at least 4 members (excludes halogenated alkanes) is 4. The second kappa shape index (κ2) is 10.9. The SMILES string of the molecule is CCCCCCCNC(=O)NC(CCC)C(=O)O. The topological polar surface area (TPSA) is 78.4 Å². The first-order valence-electron chi connectivity index (χ1n) is 6.89. The molecule has 0 aliphatic rings. The Labute approximate surface area is 109 Å². The second-order valence-electron chi connectivity index (χ2n) is 4.49. The molecule has 106 valence electrons. The van der Waals surface area contributed by atoms with Crippen molar-refractivity contribution in [3.63, 3.8) is 0 Å². The van der Waals surface area contributed by atoms with Crippen LogP contribution in [-0.2, 0) is 4.79 Å². The number of carboxylic acid groups (broad SMARTS) is 1. The summed E-state index contributed by atoms with van der Waals surface area (Å²) in [5.41, 5.74) is 0. The molecule has 0 aromatic carbocycles. The zero-order chi connectivity index (χ0) is 13.8. The van der Waals surface area contributed by atoms with Gasteiger partial charge in [-0.15, -0.1) is 0 Å². The van der Waals surface area contributed by atoms with Crippen LogP contribution < -0.4 is 10.6 Å². The third-order valence-electron chi connectivity index (χ3n) is 2.75. The molecule has 0 aliphatic heterocycles. The maximum atomic E-state index is 11.4. The summed E-state index contributed by atoms with van der Waals surface area (Å²) in [5.74, 6) is -0.977. The van der Waals surface area contributed by atoms with E-state index < -0.39 is 12.0 Å². The summed E-state index contributed by atoms with van der Waals surface area (Å²) in [4.78, 5) is 22.3. The van der Waals surface area contributed by atoms with Crippen molar-refractivity contribution < 1.29 is 14.7 Å². The van der Waals surface area contributed by atoms with Gasteiger partial charge < -0.3 is 15.7 Å². The van der Waals surface area contributed by atoms with Gasteiger partial charge in [0.2, 0.25) is 0 Å². The summed E-state index contributed by atoms with van der Waals surface area (Å²) in [6.45, 7) is 4.66. The molecule has 0 bridgehead atoms. The Bertz CT molecular complexity index is 244. The summed E-state index contributed by atoms with van der Waals surface area (Å²) in [7, 11) is 0. The Balaban J connectivity index is 3.65. The lowest BCUT2D eigenvalue weighted by Gasteiger charge is -2.14. The van der Waals surface area contributed by atoms with E-state index in [1.54, 1.807) is 0 Å².